The monoisotopic (exact) mass is 285 g/mol. The highest BCUT2D eigenvalue weighted by atomic mass is 16.5. The van der Waals surface area contributed by atoms with Crippen LogP contribution in [0.4, 0.5) is 5.95 Å². The summed E-state index contributed by atoms with van der Waals surface area (Å²) >= 11 is 0. The zero-order valence-corrected chi connectivity index (χ0v) is 11.7. The van der Waals surface area contributed by atoms with Crippen molar-refractivity contribution in [2.45, 2.75) is 19.6 Å². The van der Waals surface area contributed by atoms with Crippen LogP contribution in [0.2, 0.25) is 0 Å². The van der Waals surface area contributed by atoms with Gasteiger partial charge in [-0.15, -0.1) is 0 Å². The first-order chi connectivity index (χ1) is 10.2. The molecule has 0 aliphatic carbocycles. The van der Waals surface area contributed by atoms with Crippen molar-refractivity contribution >= 4 is 11.9 Å². The van der Waals surface area contributed by atoms with Crippen molar-refractivity contribution < 1.29 is 9.53 Å². The maximum atomic E-state index is 12.3. The van der Waals surface area contributed by atoms with Crippen LogP contribution in [0, 0.1) is 0 Å². The van der Waals surface area contributed by atoms with Gasteiger partial charge in [0.05, 0.1) is 6.20 Å². The van der Waals surface area contributed by atoms with E-state index in [0.717, 1.165) is 5.56 Å². The molecule has 0 radical (unpaired) electrons. The van der Waals surface area contributed by atoms with Crippen LogP contribution < -0.4 is 15.2 Å². The van der Waals surface area contributed by atoms with Crippen molar-refractivity contribution in [3.63, 3.8) is 0 Å². The summed E-state index contributed by atoms with van der Waals surface area (Å²) in [4.78, 5) is 29.5. The first-order valence-electron chi connectivity index (χ1n) is 6.70. The summed E-state index contributed by atoms with van der Waals surface area (Å²) in [6, 6.07) is 9.60. The minimum absolute atomic E-state index is 0.0418. The predicted molar refractivity (Wildman–Crippen MR) is 77.3 cm³/mol. The molecule has 0 saturated heterocycles. The van der Waals surface area contributed by atoms with Crippen LogP contribution in [0.15, 0.2) is 41.3 Å². The van der Waals surface area contributed by atoms with Gasteiger partial charge in [-0.1, -0.05) is 30.3 Å². The van der Waals surface area contributed by atoms with Gasteiger partial charge in [-0.05, 0) is 5.56 Å². The lowest BCUT2D eigenvalue weighted by atomic mass is 10.2. The third kappa shape index (κ3) is 2.52. The second-order valence-electron chi connectivity index (χ2n) is 4.86. The van der Waals surface area contributed by atoms with Crippen LogP contribution in [-0.2, 0) is 17.9 Å². The highest BCUT2D eigenvalue weighted by Gasteiger charge is 2.24. The molecule has 1 aromatic carbocycles. The molecule has 1 aliphatic heterocycles. The number of benzene rings is 1. The third-order valence-corrected chi connectivity index (χ3v) is 3.46. The molecule has 1 amide bonds. The Labute approximate surface area is 121 Å². The van der Waals surface area contributed by atoms with Crippen LogP contribution in [0.1, 0.15) is 12.0 Å². The van der Waals surface area contributed by atoms with Gasteiger partial charge in [-0.3, -0.25) is 19.1 Å². The predicted octanol–water partition coefficient (Wildman–Crippen LogP) is 1.19. The van der Waals surface area contributed by atoms with Gasteiger partial charge < -0.3 is 4.74 Å². The topological polar surface area (TPSA) is 64.4 Å². The van der Waals surface area contributed by atoms with E-state index in [2.05, 4.69) is 4.98 Å². The van der Waals surface area contributed by atoms with E-state index in [1.165, 1.54) is 15.7 Å². The standard InChI is InChI=1S/C15H15N3O3/c1-17-13(19)7-8-18-14(20)12(9-16-15(17)18)21-10-11-5-3-2-4-6-11/h2-6,9H,7-8,10H2,1H3. The number of aromatic nitrogens is 2. The lowest BCUT2D eigenvalue weighted by Gasteiger charge is -2.25. The van der Waals surface area contributed by atoms with E-state index in [9.17, 15) is 9.59 Å². The third-order valence-electron chi connectivity index (χ3n) is 3.46. The molecule has 0 fully saturated rings. The zero-order chi connectivity index (χ0) is 14.8. The normalized spacial score (nSPS) is 14.0. The molecule has 21 heavy (non-hydrogen) atoms. The van der Waals surface area contributed by atoms with Crippen LogP contribution in [0.25, 0.3) is 0 Å². The molecule has 2 aromatic rings. The number of carbonyl (C=O) groups excluding carboxylic acids is 1. The molecule has 3 rings (SSSR count). The molecule has 0 spiro atoms. The van der Waals surface area contributed by atoms with E-state index in [4.69, 9.17) is 4.74 Å². The van der Waals surface area contributed by atoms with Gasteiger partial charge in [0.15, 0.2) is 0 Å². The van der Waals surface area contributed by atoms with Crippen molar-refractivity contribution in [3.8, 4) is 5.75 Å². The SMILES string of the molecule is CN1C(=O)CCn2c1ncc(OCc1ccccc1)c2=O. The maximum Gasteiger partial charge on any atom is 0.297 e. The van der Waals surface area contributed by atoms with Crippen molar-refractivity contribution in [1.82, 2.24) is 9.55 Å². The summed E-state index contributed by atoms with van der Waals surface area (Å²) in [5.74, 6) is 0.522. The summed E-state index contributed by atoms with van der Waals surface area (Å²) in [5, 5.41) is 0. The van der Waals surface area contributed by atoms with E-state index < -0.39 is 0 Å². The minimum atomic E-state index is -0.254. The van der Waals surface area contributed by atoms with E-state index >= 15 is 0 Å². The summed E-state index contributed by atoms with van der Waals surface area (Å²) in [7, 11) is 1.62. The van der Waals surface area contributed by atoms with Crippen LogP contribution in [0.3, 0.4) is 0 Å². The fraction of sp³-hybridized carbons (Fsp3) is 0.267. The summed E-state index contributed by atoms with van der Waals surface area (Å²) in [5.41, 5.74) is 0.724. The van der Waals surface area contributed by atoms with Crippen molar-refractivity contribution in [2.24, 2.45) is 0 Å². The molecule has 0 atom stereocenters. The van der Waals surface area contributed by atoms with Gasteiger partial charge in [0.1, 0.15) is 6.61 Å². The number of carbonyl (C=O) groups is 1. The first-order valence-corrected chi connectivity index (χ1v) is 6.70. The number of hydrogen-bond acceptors (Lipinski definition) is 4. The van der Waals surface area contributed by atoms with Gasteiger partial charge in [0.2, 0.25) is 17.6 Å². The van der Waals surface area contributed by atoms with Crippen molar-refractivity contribution in [2.75, 3.05) is 11.9 Å². The Morgan fingerprint density at radius 2 is 2.00 bits per heavy atom. The van der Waals surface area contributed by atoms with Crippen LogP contribution in [0.5, 0.6) is 5.75 Å². The Balaban J connectivity index is 1.85. The lowest BCUT2D eigenvalue weighted by molar-refractivity contribution is -0.119. The molecule has 6 nitrogen and oxygen atoms in total. The lowest BCUT2D eigenvalue weighted by Crippen LogP contribution is -2.40. The van der Waals surface area contributed by atoms with Crippen LogP contribution in [-0.4, -0.2) is 22.5 Å². The second-order valence-corrected chi connectivity index (χ2v) is 4.86. The highest BCUT2D eigenvalue weighted by molar-refractivity contribution is 5.92. The fourth-order valence-electron chi connectivity index (χ4n) is 2.26. The summed E-state index contributed by atoms with van der Waals surface area (Å²) < 4.78 is 7.03. The van der Waals surface area contributed by atoms with Gasteiger partial charge in [-0.25, -0.2) is 4.98 Å². The largest absolute Gasteiger partial charge is 0.482 e. The molecule has 0 unspecified atom stereocenters. The summed E-state index contributed by atoms with van der Waals surface area (Å²) in [6.45, 7) is 0.652. The molecular formula is C15H15N3O3. The number of anilines is 1. The Morgan fingerprint density at radius 3 is 2.76 bits per heavy atom. The van der Waals surface area contributed by atoms with Crippen LogP contribution >= 0.6 is 0 Å². The molecule has 0 bridgehead atoms. The summed E-state index contributed by atoms with van der Waals surface area (Å²) in [6.07, 6.45) is 1.68. The minimum Gasteiger partial charge on any atom is -0.482 e. The van der Waals surface area contributed by atoms with Gasteiger partial charge >= 0.3 is 0 Å². The van der Waals surface area contributed by atoms with Crippen molar-refractivity contribution in [3.05, 3.63) is 52.4 Å². The smallest absolute Gasteiger partial charge is 0.297 e. The number of ether oxygens (including phenoxy) is 1. The fourth-order valence-corrected chi connectivity index (χ4v) is 2.26. The Bertz CT molecular complexity index is 725. The maximum absolute atomic E-state index is 12.3. The first kappa shape index (κ1) is 13.4. The molecule has 1 aliphatic rings. The second kappa shape index (κ2) is 5.40. The molecular weight excluding hydrogens is 270 g/mol. The molecule has 108 valence electrons. The Morgan fingerprint density at radius 1 is 1.24 bits per heavy atom. The number of rotatable bonds is 3. The number of nitrogens with zero attached hydrogens (tertiary/aromatic N) is 3. The molecule has 1 aromatic heterocycles. The van der Waals surface area contributed by atoms with E-state index in [-0.39, 0.29) is 17.2 Å². The highest BCUT2D eigenvalue weighted by Crippen LogP contribution is 2.17. The van der Waals surface area contributed by atoms with Gasteiger partial charge in [0, 0.05) is 20.0 Å². The average molecular weight is 285 g/mol. The number of amides is 1. The number of hydrogen-bond donors (Lipinski definition) is 0. The average Bonchev–Trinajstić information content (AvgIpc) is 2.51. The zero-order valence-electron chi connectivity index (χ0n) is 11.7. The molecule has 6 heteroatoms. The number of fused-ring (bicyclic) bond motifs is 1. The van der Waals surface area contributed by atoms with Gasteiger partial charge in [0.25, 0.3) is 5.56 Å². The quantitative estimate of drug-likeness (QED) is 0.849. The van der Waals surface area contributed by atoms with Crippen molar-refractivity contribution in [1.29, 1.82) is 0 Å². The van der Waals surface area contributed by atoms with E-state index in [1.54, 1.807) is 7.05 Å². The Hall–Kier alpha value is -2.63. The van der Waals surface area contributed by atoms with Gasteiger partial charge in [-0.2, -0.15) is 0 Å². The molecule has 0 N–H and O–H groups in total. The molecule has 2 heterocycles. The van der Waals surface area contributed by atoms with E-state index in [1.807, 2.05) is 30.3 Å². The van der Waals surface area contributed by atoms with E-state index in [0.29, 0.717) is 25.5 Å². The Kier molecular flexibility index (Phi) is 3.43. The molecule has 0 saturated carbocycles.